The van der Waals surface area contributed by atoms with Gasteiger partial charge in [0.05, 0.1) is 28.9 Å². The third-order valence-electron chi connectivity index (χ3n) is 7.90. The topological polar surface area (TPSA) is 66.4 Å². The zero-order valence-corrected chi connectivity index (χ0v) is 22.8. The molecule has 3 aliphatic rings. The normalized spacial score (nSPS) is 29.5. The number of fused-ring (bicyclic) bond motifs is 1. The fraction of sp³-hybridized carbons (Fsp3) is 0.520. The van der Waals surface area contributed by atoms with E-state index in [-0.39, 0.29) is 17.3 Å². The molecule has 2 aromatic rings. The second-order valence-corrected chi connectivity index (χ2v) is 12.1. The Balaban J connectivity index is 1.39. The molecule has 0 radical (unpaired) electrons. The smallest absolute Gasteiger partial charge is 0.384 e. The number of nitrogens with one attached hydrogen (secondary N) is 2. The van der Waals surface area contributed by atoms with Gasteiger partial charge in [-0.1, -0.05) is 21.4 Å². The minimum Gasteiger partial charge on any atom is -0.384 e. The Kier molecular flexibility index (Phi) is 6.69. The molecule has 0 bridgehead atoms. The van der Waals surface area contributed by atoms with Gasteiger partial charge < -0.3 is 20.1 Å². The van der Waals surface area contributed by atoms with Crippen molar-refractivity contribution in [2.75, 3.05) is 32.0 Å². The number of nitrogens with zero attached hydrogens (tertiary/aromatic N) is 2. The number of halogens is 4. The van der Waals surface area contributed by atoms with Gasteiger partial charge in [0.2, 0.25) is 0 Å². The van der Waals surface area contributed by atoms with Crippen LogP contribution in [0.5, 0.6) is 0 Å². The molecular formula is C25H30F4N4O2P2. The van der Waals surface area contributed by atoms with Crippen LogP contribution in [0.15, 0.2) is 35.3 Å². The number of aromatic nitrogens is 1. The molecule has 2 aliphatic carbocycles. The molecule has 200 valence electrons. The van der Waals surface area contributed by atoms with E-state index >= 15 is 0 Å². The summed E-state index contributed by atoms with van der Waals surface area (Å²) >= 11 is 0. The number of alkyl halides is 4. The summed E-state index contributed by atoms with van der Waals surface area (Å²) in [6, 6.07) is 3.69. The highest BCUT2D eigenvalue weighted by Crippen LogP contribution is 2.56. The van der Waals surface area contributed by atoms with E-state index in [1.54, 1.807) is 6.92 Å². The summed E-state index contributed by atoms with van der Waals surface area (Å²) in [5.41, 5.74) is -0.408. The lowest BCUT2D eigenvalue weighted by atomic mass is 10.0. The molecular weight excluding hydrogens is 526 g/mol. The van der Waals surface area contributed by atoms with E-state index in [0.29, 0.717) is 35.5 Å². The number of amides is 1. The largest absolute Gasteiger partial charge is 0.417 e. The zero-order valence-electron chi connectivity index (χ0n) is 20.5. The van der Waals surface area contributed by atoms with Crippen LogP contribution in [0.3, 0.4) is 0 Å². The number of likely N-dealkylation sites (tertiary alicyclic amines) is 1. The number of rotatable bonds is 7. The van der Waals surface area contributed by atoms with Crippen LogP contribution >= 0.6 is 18.5 Å². The number of hydrogen-bond donors (Lipinski definition) is 2. The van der Waals surface area contributed by atoms with Gasteiger partial charge in [-0.15, -0.1) is 9.24 Å². The van der Waals surface area contributed by atoms with Crippen molar-refractivity contribution in [1.82, 2.24) is 14.8 Å². The summed E-state index contributed by atoms with van der Waals surface area (Å²) in [6.07, 6.45) is -3.03. The Morgan fingerprint density at radius 2 is 1.92 bits per heavy atom. The van der Waals surface area contributed by atoms with E-state index in [1.807, 2.05) is 0 Å². The van der Waals surface area contributed by atoms with Crippen molar-refractivity contribution in [1.29, 1.82) is 0 Å². The van der Waals surface area contributed by atoms with Crippen LogP contribution in [0.1, 0.15) is 46.9 Å². The number of pyridine rings is 1. The second-order valence-electron chi connectivity index (χ2n) is 10.6. The molecule has 3 fully saturated rings. The monoisotopic (exact) mass is 556 g/mol. The van der Waals surface area contributed by atoms with Gasteiger partial charge in [0.1, 0.15) is 5.41 Å². The molecule has 6 nitrogen and oxygen atoms in total. The van der Waals surface area contributed by atoms with Gasteiger partial charge in [0.15, 0.2) is 0 Å². The average Bonchev–Trinajstić information content (AvgIpc) is 3.58. The number of piperidine rings is 1. The van der Waals surface area contributed by atoms with Gasteiger partial charge in [-0.2, -0.15) is 13.2 Å². The van der Waals surface area contributed by atoms with Crippen LogP contribution in [-0.2, 0) is 6.18 Å². The van der Waals surface area contributed by atoms with E-state index in [0.717, 1.165) is 19.2 Å². The van der Waals surface area contributed by atoms with Crippen LogP contribution < -0.4 is 21.5 Å². The number of hydrogen-bond acceptors (Lipinski definition) is 4. The third-order valence-corrected chi connectivity index (χ3v) is 9.17. The molecule has 5 rings (SSSR count). The number of carbonyl (C=O) groups is 1. The first-order valence-corrected chi connectivity index (χ1v) is 13.4. The van der Waals surface area contributed by atoms with Crippen LogP contribution in [0.4, 0.5) is 23.2 Å². The summed E-state index contributed by atoms with van der Waals surface area (Å²) in [5.74, 6) is 1.07. The van der Waals surface area contributed by atoms with Gasteiger partial charge in [-0.05, 0) is 48.7 Å². The molecule has 1 aliphatic heterocycles. The fourth-order valence-electron chi connectivity index (χ4n) is 5.64. The molecule has 1 saturated heterocycles. The lowest BCUT2D eigenvalue weighted by molar-refractivity contribution is -0.136. The summed E-state index contributed by atoms with van der Waals surface area (Å²) in [6.45, 7) is 4.24. The van der Waals surface area contributed by atoms with Gasteiger partial charge >= 0.3 is 6.18 Å². The molecule has 0 spiro atoms. The lowest BCUT2D eigenvalue weighted by Gasteiger charge is -2.21. The first-order valence-electron chi connectivity index (χ1n) is 12.2. The molecule has 1 amide bonds. The Morgan fingerprint density at radius 3 is 2.51 bits per heavy atom. The Morgan fingerprint density at radius 1 is 1.27 bits per heavy atom. The minimum absolute atomic E-state index is 0.0421. The maximum atomic E-state index is 14.4. The predicted molar refractivity (Wildman–Crippen MR) is 141 cm³/mol. The highest BCUT2D eigenvalue weighted by atomic mass is 31.0. The highest BCUT2D eigenvalue weighted by Gasteiger charge is 2.55. The maximum absolute atomic E-state index is 14.4. The molecule has 7 atom stereocenters. The highest BCUT2D eigenvalue weighted by molar-refractivity contribution is 7.27. The number of carbonyl (C=O) groups excluding carboxylic acids is 1. The maximum Gasteiger partial charge on any atom is 0.417 e. The summed E-state index contributed by atoms with van der Waals surface area (Å²) in [7, 11) is 6.30. The SMILES string of the molecule is C[C@@H](NC(=O)c1cn([C@H]2CC2(F)P)c(=O)cc1NCC1C2CN(C)CC12)c1cccc(C(F)(F)F)c1P. The molecule has 37 heavy (non-hydrogen) atoms. The molecule has 1 aromatic heterocycles. The number of anilines is 1. The summed E-state index contributed by atoms with van der Waals surface area (Å²) < 4.78 is 55.8. The van der Waals surface area contributed by atoms with E-state index in [2.05, 4.69) is 41.1 Å². The van der Waals surface area contributed by atoms with Gasteiger partial charge in [-0.25, -0.2) is 4.39 Å². The van der Waals surface area contributed by atoms with E-state index in [9.17, 15) is 27.2 Å². The van der Waals surface area contributed by atoms with Crippen molar-refractivity contribution < 1.29 is 22.4 Å². The molecule has 12 heteroatoms. The van der Waals surface area contributed by atoms with Crippen molar-refractivity contribution in [2.45, 2.75) is 37.0 Å². The van der Waals surface area contributed by atoms with E-state index < -0.39 is 40.7 Å². The Hall–Kier alpha value is -2.02. The molecule has 2 heterocycles. The van der Waals surface area contributed by atoms with Crippen LogP contribution in [0, 0.1) is 17.8 Å². The Bertz CT molecular complexity index is 1290. The molecule has 5 unspecified atom stereocenters. The molecule has 2 saturated carbocycles. The minimum atomic E-state index is -4.53. The first kappa shape index (κ1) is 26.6. The quantitative estimate of drug-likeness (QED) is 0.405. The van der Waals surface area contributed by atoms with Gasteiger partial charge in [0, 0.05) is 38.3 Å². The standard InChI is InChI=1S/C25H30F4N4O2P2/c1-12(13-4-3-5-18(22(13)36)25(27,28)29)31-23(35)17-11-33(20-7-24(20,26)37)21(34)6-19(17)30-8-14-15-9-32(2)10-16(14)15/h3-6,11-12,14-16,20,30H,7-10,36-37H2,1-2H3,(H,31,35)/t12-,14?,15?,16?,20+,24?/m1/s1. The van der Waals surface area contributed by atoms with Crippen LogP contribution in [0.2, 0.25) is 0 Å². The van der Waals surface area contributed by atoms with Crippen molar-refractivity contribution in [3.05, 3.63) is 57.5 Å². The lowest BCUT2D eigenvalue weighted by Crippen LogP contribution is -2.32. The first-order chi connectivity index (χ1) is 17.3. The van der Waals surface area contributed by atoms with Gasteiger partial charge in [0.25, 0.3) is 11.5 Å². The zero-order chi connectivity index (χ0) is 26.9. The summed E-state index contributed by atoms with van der Waals surface area (Å²) in [5, 5.41) is 4.37. The summed E-state index contributed by atoms with van der Waals surface area (Å²) in [4.78, 5) is 28.5. The number of benzene rings is 1. The Labute approximate surface area is 217 Å². The van der Waals surface area contributed by atoms with E-state index in [4.69, 9.17) is 0 Å². The van der Waals surface area contributed by atoms with Crippen LogP contribution in [0.25, 0.3) is 0 Å². The van der Waals surface area contributed by atoms with Crippen LogP contribution in [-0.4, -0.2) is 47.5 Å². The van der Waals surface area contributed by atoms with Crippen molar-refractivity contribution in [2.24, 2.45) is 17.8 Å². The molecule has 1 aromatic carbocycles. The van der Waals surface area contributed by atoms with Gasteiger partial charge in [-0.3, -0.25) is 9.59 Å². The van der Waals surface area contributed by atoms with Crippen molar-refractivity contribution in [3.8, 4) is 0 Å². The fourth-order valence-corrected chi connectivity index (χ4v) is 6.63. The third kappa shape index (κ3) is 5.17. The average molecular weight is 556 g/mol. The predicted octanol–water partition coefficient (Wildman–Crippen LogP) is 3.56. The molecule has 2 N–H and O–H groups in total. The van der Waals surface area contributed by atoms with Crippen molar-refractivity contribution >= 4 is 35.4 Å². The second kappa shape index (κ2) is 9.32. The van der Waals surface area contributed by atoms with E-state index in [1.165, 1.54) is 29.0 Å². The van der Waals surface area contributed by atoms with Crippen molar-refractivity contribution in [3.63, 3.8) is 0 Å².